The van der Waals surface area contributed by atoms with Crippen LogP contribution in [0.1, 0.15) is 52.6 Å². The van der Waals surface area contributed by atoms with Gasteiger partial charge in [0, 0.05) is 29.5 Å². The maximum atomic E-state index is 4.68. The van der Waals surface area contributed by atoms with Gasteiger partial charge in [0.15, 0.2) is 5.82 Å². The van der Waals surface area contributed by atoms with Gasteiger partial charge in [-0.15, -0.1) is 5.10 Å². The molecule has 33 heavy (non-hydrogen) atoms. The highest BCUT2D eigenvalue weighted by Gasteiger charge is 2.22. The molecule has 0 spiro atoms. The highest BCUT2D eigenvalue weighted by molar-refractivity contribution is 5.95. The Morgan fingerprint density at radius 1 is 0.909 bits per heavy atom. The molecular formula is C27H32N6. The number of anilines is 2. The average molecular weight is 441 g/mol. The van der Waals surface area contributed by atoms with Crippen molar-refractivity contribution in [3.63, 3.8) is 0 Å². The normalized spacial score (nSPS) is 14.4. The predicted octanol–water partition coefficient (Wildman–Crippen LogP) is 5.56. The van der Waals surface area contributed by atoms with Crippen LogP contribution < -0.4 is 10.2 Å². The number of rotatable bonds is 4. The molecule has 1 atom stereocenters. The van der Waals surface area contributed by atoms with E-state index in [0.29, 0.717) is 0 Å². The maximum Gasteiger partial charge on any atom is 0.157 e. The molecule has 6 heteroatoms. The highest BCUT2D eigenvalue weighted by Crippen LogP contribution is 2.32. The third kappa shape index (κ3) is 3.73. The summed E-state index contributed by atoms with van der Waals surface area (Å²) >= 11 is 0. The van der Waals surface area contributed by atoms with Gasteiger partial charge in [-0.2, -0.15) is 5.10 Å². The summed E-state index contributed by atoms with van der Waals surface area (Å²) in [5.74, 6) is 1.94. The van der Waals surface area contributed by atoms with Crippen LogP contribution in [-0.2, 0) is 13.1 Å². The number of aromatic nitrogens is 4. The molecule has 0 unspecified atom stereocenters. The Labute approximate surface area is 195 Å². The summed E-state index contributed by atoms with van der Waals surface area (Å²) in [5, 5.41) is 14.9. The van der Waals surface area contributed by atoms with E-state index in [1.807, 2.05) is 6.92 Å². The number of hydrogen-bond donors (Lipinski definition) is 1. The van der Waals surface area contributed by atoms with E-state index in [4.69, 9.17) is 0 Å². The minimum absolute atomic E-state index is 0.128. The third-order valence-corrected chi connectivity index (χ3v) is 7.18. The lowest BCUT2D eigenvalue weighted by Crippen LogP contribution is -2.34. The van der Waals surface area contributed by atoms with Gasteiger partial charge in [-0.3, -0.25) is 0 Å². The molecule has 1 aliphatic heterocycles. The van der Waals surface area contributed by atoms with Crippen LogP contribution in [0.15, 0.2) is 36.4 Å². The molecule has 2 aromatic carbocycles. The molecule has 3 heterocycles. The van der Waals surface area contributed by atoms with Crippen LogP contribution in [0.4, 0.5) is 11.5 Å². The molecule has 4 aromatic rings. The van der Waals surface area contributed by atoms with E-state index in [-0.39, 0.29) is 6.04 Å². The predicted molar refractivity (Wildman–Crippen MR) is 135 cm³/mol. The van der Waals surface area contributed by atoms with E-state index in [1.165, 1.54) is 28.1 Å². The number of nitrogens with one attached hydrogen (secondary N) is 1. The molecule has 0 saturated carbocycles. The van der Waals surface area contributed by atoms with Crippen LogP contribution in [0.25, 0.3) is 10.8 Å². The van der Waals surface area contributed by atoms with E-state index >= 15 is 0 Å². The van der Waals surface area contributed by atoms with Gasteiger partial charge in [-0.1, -0.05) is 24.3 Å². The second-order valence-electron chi connectivity index (χ2n) is 9.28. The van der Waals surface area contributed by atoms with Crippen molar-refractivity contribution in [3.8, 4) is 0 Å². The van der Waals surface area contributed by atoms with E-state index in [2.05, 4.69) is 101 Å². The van der Waals surface area contributed by atoms with E-state index in [1.54, 1.807) is 0 Å². The van der Waals surface area contributed by atoms with E-state index in [9.17, 15) is 0 Å². The largest absolute Gasteiger partial charge is 0.364 e. The number of imidazole rings is 1. The molecule has 0 saturated heterocycles. The zero-order chi connectivity index (χ0) is 23.3. The molecule has 0 radical (unpaired) electrons. The van der Waals surface area contributed by atoms with Crippen molar-refractivity contribution in [2.24, 2.45) is 0 Å². The van der Waals surface area contributed by atoms with Crippen molar-refractivity contribution in [1.82, 2.24) is 19.7 Å². The smallest absolute Gasteiger partial charge is 0.157 e. The van der Waals surface area contributed by atoms with Crippen molar-refractivity contribution in [2.75, 3.05) is 16.8 Å². The Hall–Kier alpha value is -3.41. The van der Waals surface area contributed by atoms with Gasteiger partial charge in [0.05, 0.1) is 29.7 Å². The lowest BCUT2D eigenvalue weighted by molar-refractivity contribution is 0.558. The Bertz CT molecular complexity index is 1350. The minimum Gasteiger partial charge on any atom is -0.364 e. The molecule has 170 valence electrons. The lowest BCUT2D eigenvalue weighted by atomic mass is 9.98. The zero-order valence-electron chi connectivity index (χ0n) is 20.4. The molecule has 1 aliphatic rings. The van der Waals surface area contributed by atoms with Crippen molar-refractivity contribution in [2.45, 2.75) is 60.7 Å². The second kappa shape index (κ2) is 8.18. The van der Waals surface area contributed by atoms with E-state index in [0.717, 1.165) is 53.4 Å². The van der Waals surface area contributed by atoms with Crippen LogP contribution in [-0.4, -0.2) is 26.3 Å². The summed E-state index contributed by atoms with van der Waals surface area (Å²) in [4.78, 5) is 7.12. The van der Waals surface area contributed by atoms with E-state index < -0.39 is 0 Å². The van der Waals surface area contributed by atoms with Crippen LogP contribution >= 0.6 is 0 Å². The summed E-state index contributed by atoms with van der Waals surface area (Å²) in [6, 6.07) is 13.3. The zero-order valence-corrected chi connectivity index (χ0v) is 20.4. The summed E-state index contributed by atoms with van der Waals surface area (Å²) in [5.41, 5.74) is 8.51. The molecule has 0 bridgehead atoms. The maximum absolute atomic E-state index is 4.68. The fraction of sp³-hybridized carbons (Fsp3) is 0.370. The fourth-order valence-electron chi connectivity index (χ4n) is 5.06. The van der Waals surface area contributed by atoms with Gasteiger partial charge in [-0.25, -0.2) is 4.98 Å². The molecule has 5 rings (SSSR count). The first-order valence-corrected chi connectivity index (χ1v) is 11.7. The summed E-state index contributed by atoms with van der Waals surface area (Å²) in [7, 11) is 0. The Balaban J connectivity index is 1.51. The lowest BCUT2D eigenvalue weighted by Gasteiger charge is -2.31. The number of fused-ring (bicyclic) bond motifs is 2. The monoisotopic (exact) mass is 440 g/mol. The van der Waals surface area contributed by atoms with Gasteiger partial charge in [0.1, 0.15) is 5.82 Å². The summed E-state index contributed by atoms with van der Waals surface area (Å²) in [6.07, 6.45) is 0. The van der Waals surface area contributed by atoms with Gasteiger partial charge in [-0.05, 0) is 70.4 Å². The summed E-state index contributed by atoms with van der Waals surface area (Å²) < 4.78 is 2.35. The average Bonchev–Trinajstić information content (AvgIpc) is 3.10. The topological polar surface area (TPSA) is 58.9 Å². The third-order valence-electron chi connectivity index (χ3n) is 7.18. The molecule has 6 nitrogen and oxygen atoms in total. The second-order valence-corrected chi connectivity index (χ2v) is 9.28. The van der Waals surface area contributed by atoms with Crippen molar-refractivity contribution >= 4 is 22.3 Å². The Kier molecular flexibility index (Phi) is 5.31. The number of hydrogen-bond acceptors (Lipinski definition) is 5. The quantitative estimate of drug-likeness (QED) is 0.450. The SMILES string of the molecule is Cc1cccc([C@@H](C)Nc2nnc(C)c3ccc(N4CCn5c(C)nc(C)c5C4)cc23)c1C. The summed E-state index contributed by atoms with van der Waals surface area (Å²) in [6.45, 7) is 15.6. The molecule has 0 amide bonds. The molecule has 1 N–H and O–H groups in total. The standard InChI is InChI=1S/C27H32N6/c1-16-8-7-9-23(17(16)2)18(3)29-27-25-14-22(10-11-24(25)19(4)30-31-27)32-12-13-33-21(6)28-20(5)26(33)15-32/h7-11,14,18H,12-13,15H2,1-6H3,(H,29,31)/t18-/m1/s1. The molecular weight excluding hydrogens is 408 g/mol. The van der Waals surface area contributed by atoms with Gasteiger partial charge in [0.25, 0.3) is 0 Å². The molecule has 2 aromatic heterocycles. The molecule has 0 aliphatic carbocycles. The van der Waals surface area contributed by atoms with Crippen LogP contribution in [0.5, 0.6) is 0 Å². The first kappa shape index (κ1) is 21.4. The Morgan fingerprint density at radius 3 is 2.55 bits per heavy atom. The van der Waals surface area contributed by atoms with Crippen LogP contribution in [0, 0.1) is 34.6 Å². The first-order chi connectivity index (χ1) is 15.8. The van der Waals surface area contributed by atoms with Crippen molar-refractivity contribution in [1.29, 1.82) is 0 Å². The van der Waals surface area contributed by atoms with Gasteiger partial charge >= 0.3 is 0 Å². The van der Waals surface area contributed by atoms with Gasteiger partial charge in [0.2, 0.25) is 0 Å². The van der Waals surface area contributed by atoms with Gasteiger partial charge < -0.3 is 14.8 Å². The number of aryl methyl sites for hydroxylation is 4. The molecule has 0 fully saturated rings. The van der Waals surface area contributed by atoms with Crippen LogP contribution in [0.3, 0.4) is 0 Å². The number of benzene rings is 2. The number of nitrogens with zero attached hydrogens (tertiary/aromatic N) is 5. The van der Waals surface area contributed by atoms with Crippen LogP contribution in [0.2, 0.25) is 0 Å². The first-order valence-electron chi connectivity index (χ1n) is 11.7. The van der Waals surface area contributed by atoms with Crippen molar-refractivity contribution < 1.29 is 0 Å². The van der Waals surface area contributed by atoms with Crippen molar-refractivity contribution in [3.05, 3.63) is 76.0 Å². The Morgan fingerprint density at radius 2 is 1.73 bits per heavy atom. The fourth-order valence-corrected chi connectivity index (χ4v) is 5.06. The minimum atomic E-state index is 0.128. The highest BCUT2D eigenvalue weighted by atomic mass is 15.2.